The van der Waals surface area contributed by atoms with Gasteiger partial charge in [0.15, 0.2) is 4.96 Å². The van der Waals surface area contributed by atoms with E-state index in [0.717, 1.165) is 10.7 Å². The predicted molar refractivity (Wildman–Crippen MR) is 64.7 cm³/mol. The van der Waals surface area contributed by atoms with Crippen LogP contribution in [0, 0.1) is 5.92 Å². The van der Waals surface area contributed by atoms with Gasteiger partial charge in [-0.25, -0.2) is 4.98 Å². The van der Waals surface area contributed by atoms with Crippen molar-refractivity contribution in [3.63, 3.8) is 0 Å². The Bertz CT molecular complexity index is 442. The summed E-state index contributed by atoms with van der Waals surface area (Å²) in [6, 6.07) is 0. The van der Waals surface area contributed by atoms with Gasteiger partial charge < -0.3 is 5.11 Å². The number of aliphatic hydroxyl groups excluding tert-OH is 1. The van der Waals surface area contributed by atoms with Gasteiger partial charge in [0.1, 0.15) is 0 Å². The van der Waals surface area contributed by atoms with Crippen molar-refractivity contribution in [1.82, 2.24) is 9.38 Å². The van der Waals surface area contributed by atoms with Crippen molar-refractivity contribution in [2.24, 2.45) is 5.92 Å². The number of thiazole rings is 1. The van der Waals surface area contributed by atoms with Crippen molar-refractivity contribution in [3.8, 4) is 0 Å². The van der Waals surface area contributed by atoms with E-state index in [0.29, 0.717) is 12.3 Å². The molecule has 0 aromatic carbocycles. The zero-order chi connectivity index (χ0) is 11.0. The fourth-order valence-corrected chi connectivity index (χ4v) is 3.32. The first-order valence-electron chi connectivity index (χ1n) is 5.92. The number of imidazole rings is 1. The van der Waals surface area contributed by atoms with Crippen LogP contribution < -0.4 is 0 Å². The first-order valence-corrected chi connectivity index (χ1v) is 6.80. The third kappa shape index (κ3) is 1.87. The lowest BCUT2D eigenvalue weighted by Crippen LogP contribution is -2.20. The molecule has 2 aromatic rings. The van der Waals surface area contributed by atoms with E-state index in [-0.39, 0.29) is 6.10 Å². The summed E-state index contributed by atoms with van der Waals surface area (Å²) in [6.45, 7) is 0. The lowest BCUT2D eigenvalue weighted by molar-refractivity contribution is 0.110. The van der Waals surface area contributed by atoms with E-state index in [1.54, 1.807) is 11.3 Å². The Hall–Kier alpha value is -0.870. The number of fused-ring (bicyclic) bond motifs is 1. The number of hydrogen-bond donors (Lipinski definition) is 1. The van der Waals surface area contributed by atoms with Gasteiger partial charge in [0.05, 0.1) is 11.8 Å². The monoisotopic (exact) mass is 236 g/mol. The van der Waals surface area contributed by atoms with E-state index < -0.39 is 0 Å². The van der Waals surface area contributed by atoms with Crippen molar-refractivity contribution in [2.45, 2.75) is 38.2 Å². The van der Waals surface area contributed by atoms with Gasteiger partial charge in [0.2, 0.25) is 0 Å². The lowest BCUT2D eigenvalue weighted by atomic mass is 9.97. The Balaban J connectivity index is 1.71. The molecule has 1 unspecified atom stereocenters. The van der Waals surface area contributed by atoms with Crippen LogP contribution in [-0.4, -0.2) is 20.6 Å². The molecule has 2 heterocycles. The van der Waals surface area contributed by atoms with Crippen molar-refractivity contribution in [1.29, 1.82) is 0 Å². The molecular weight excluding hydrogens is 220 g/mol. The molecule has 3 nitrogen and oxygen atoms in total. The van der Waals surface area contributed by atoms with E-state index >= 15 is 0 Å². The zero-order valence-electron chi connectivity index (χ0n) is 9.17. The van der Waals surface area contributed by atoms with E-state index in [1.165, 1.54) is 25.7 Å². The van der Waals surface area contributed by atoms with Gasteiger partial charge in [-0.05, 0) is 18.8 Å². The third-order valence-electron chi connectivity index (χ3n) is 3.51. The molecule has 3 rings (SSSR count). The Kier molecular flexibility index (Phi) is 2.69. The number of hydrogen-bond acceptors (Lipinski definition) is 3. The number of rotatable bonds is 3. The van der Waals surface area contributed by atoms with Gasteiger partial charge in [-0.3, -0.25) is 4.40 Å². The minimum atomic E-state index is -0.202. The Morgan fingerprint density at radius 2 is 2.31 bits per heavy atom. The Morgan fingerprint density at radius 3 is 3.06 bits per heavy atom. The third-order valence-corrected chi connectivity index (χ3v) is 4.28. The van der Waals surface area contributed by atoms with Crippen molar-refractivity contribution in [2.75, 3.05) is 0 Å². The van der Waals surface area contributed by atoms with Crippen LogP contribution in [0.5, 0.6) is 0 Å². The second kappa shape index (κ2) is 4.18. The molecule has 2 aromatic heterocycles. The molecule has 1 saturated carbocycles. The highest BCUT2D eigenvalue weighted by molar-refractivity contribution is 7.15. The minimum absolute atomic E-state index is 0.202. The van der Waals surface area contributed by atoms with Crippen LogP contribution in [0.4, 0.5) is 0 Å². The second-order valence-corrected chi connectivity index (χ2v) is 5.51. The lowest BCUT2D eigenvalue weighted by Gasteiger charge is -2.15. The average molecular weight is 236 g/mol. The molecule has 16 heavy (non-hydrogen) atoms. The number of nitrogens with zero attached hydrogens (tertiary/aromatic N) is 2. The highest BCUT2D eigenvalue weighted by Gasteiger charge is 2.23. The van der Waals surface area contributed by atoms with Gasteiger partial charge in [0, 0.05) is 24.2 Å². The smallest absolute Gasteiger partial charge is 0.193 e. The summed E-state index contributed by atoms with van der Waals surface area (Å²) >= 11 is 1.64. The molecule has 1 atom stereocenters. The molecule has 0 saturated heterocycles. The van der Waals surface area contributed by atoms with Crippen LogP contribution in [0.3, 0.4) is 0 Å². The first kappa shape index (κ1) is 10.3. The molecule has 1 aliphatic carbocycles. The van der Waals surface area contributed by atoms with Crippen LogP contribution in [0.1, 0.15) is 31.4 Å². The molecule has 0 bridgehead atoms. The van der Waals surface area contributed by atoms with Crippen LogP contribution in [0.25, 0.3) is 4.96 Å². The quantitative estimate of drug-likeness (QED) is 0.889. The summed E-state index contributed by atoms with van der Waals surface area (Å²) in [5.74, 6) is 0.500. The zero-order valence-corrected chi connectivity index (χ0v) is 9.99. The van der Waals surface area contributed by atoms with Gasteiger partial charge in [-0.2, -0.15) is 0 Å². The van der Waals surface area contributed by atoms with Gasteiger partial charge >= 0.3 is 0 Å². The fourth-order valence-electron chi connectivity index (χ4n) is 2.60. The summed E-state index contributed by atoms with van der Waals surface area (Å²) in [6.07, 6.45) is 9.47. The summed E-state index contributed by atoms with van der Waals surface area (Å²) < 4.78 is 2.03. The molecule has 86 valence electrons. The fraction of sp³-hybridized carbons (Fsp3) is 0.583. The second-order valence-electron chi connectivity index (χ2n) is 4.64. The van der Waals surface area contributed by atoms with Crippen molar-refractivity contribution in [3.05, 3.63) is 23.5 Å². The molecule has 1 fully saturated rings. The van der Waals surface area contributed by atoms with E-state index in [4.69, 9.17) is 0 Å². The Labute approximate surface area is 98.8 Å². The standard InChI is InChI=1S/C12H16N2OS/c15-11(9-3-1-2-4-9)7-10-8-14-5-6-16-12(14)13-10/h5-6,8-9,11,15H,1-4,7H2. The normalized spacial score (nSPS) is 19.6. The van der Waals surface area contributed by atoms with Crippen LogP contribution in [0.2, 0.25) is 0 Å². The highest BCUT2D eigenvalue weighted by atomic mass is 32.1. The van der Waals surface area contributed by atoms with Crippen LogP contribution in [-0.2, 0) is 6.42 Å². The van der Waals surface area contributed by atoms with Crippen LogP contribution in [0.15, 0.2) is 17.8 Å². The Morgan fingerprint density at radius 1 is 1.50 bits per heavy atom. The van der Waals surface area contributed by atoms with E-state index in [2.05, 4.69) is 4.98 Å². The molecule has 1 N–H and O–H groups in total. The molecular formula is C12H16N2OS. The summed E-state index contributed by atoms with van der Waals surface area (Å²) in [5, 5.41) is 12.1. The van der Waals surface area contributed by atoms with Crippen LogP contribution >= 0.6 is 11.3 Å². The summed E-state index contributed by atoms with van der Waals surface area (Å²) in [4.78, 5) is 5.53. The molecule has 0 aliphatic heterocycles. The predicted octanol–water partition coefficient (Wildman–Crippen LogP) is 2.49. The maximum Gasteiger partial charge on any atom is 0.193 e. The number of aromatic nitrogens is 2. The van der Waals surface area contributed by atoms with Gasteiger partial charge in [0.25, 0.3) is 0 Å². The molecule has 0 amide bonds. The maximum absolute atomic E-state index is 10.1. The van der Waals surface area contributed by atoms with E-state index in [1.807, 2.05) is 22.2 Å². The summed E-state index contributed by atoms with van der Waals surface area (Å²) in [5.41, 5.74) is 1.02. The number of aliphatic hydroxyl groups is 1. The molecule has 0 radical (unpaired) electrons. The first-order chi connectivity index (χ1) is 7.83. The average Bonchev–Trinajstić information content (AvgIpc) is 2.91. The minimum Gasteiger partial charge on any atom is -0.392 e. The van der Waals surface area contributed by atoms with Gasteiger partial charge in [-0.1, -0.05) is 12.8 Å². The summed E-state index contributed by atoms with van der Waals surface area (Å²) in [7, 11) is 0. The van der Waals surface area contributed by atoms with Crippen molar-refractivity contribution < 1.29 is 5.11 Å². The van der Waals surface area contributed by atoms with E-state index in [9.17, 15) is 5.11 Å². The SMILES string of the molecule is OC(Cc1cn2ccsc2n1)C1CCCC1. The molecule has 1 aliphatic rings. The van der Waals surface area contributed by atoms with Crippen molar-refractivity contribution >= 4 is 16.3 Å². The molecule has 0 spiro atoms. The largest absolute Gasteiger partial charge is 0.392 e. The van der Waals surface area contributed by atoms with Gasteiger partial charge in [-0.15, -0.1) is 11.3 Å². The topological polar surface area (TPSA) is 37.5 Å². The molecule has 4 heteroatoms. The maximum atomic E-state index is 10.1. The highest BCUT2D eigenvalue weighted by Crippen LogP contribution is 2.29.